The lowest BCUT2D eigenvalue weighted by Crippen LogP contribution is -2.48. The van der Waals surface area contributed by atoms with Gasteiger partial charge in [0.25, 0.3) is 0 Å². The maximum absolute atomic E-state index is 6.20. The highest BCUT2D eigenvalue weighted by Crippen LogP contribution is 2.35. The Labute approximate surface area is 127 Å². The van der Waals surface area contributed by atoms with Crippen molar-refractivity contribution < 1.29 is 4.74 Å². The summed E-state index contributed by atoms with van der Waals surface area (Å²) in [6.07, 6.45) is 1.74. The summed E-state index contributed by atoms with van der Waals surface area (Å²) >= 11 is 3.53. The summed E-state index contributed by atoms with van der Waals surface area (Å²) in [7, 11) is 0. The van der Waals surface area contributed by atoms with Crippen LogP contribution in [0.5, 0.6) is 0 Å². The third-order valence-electron chi connectivity index (χ3n) is 3.57. The Morgan fingerprint density at radius 1 is 1.40 bits per heavy atom. The topological polar surface area (TPSA) is 51.4 Å². The van der Waals surface area contributed by atoms with E-state index < -0.39 is 0 Å². The van der Waals surface area contributed by atoms with E-state index in [1.807, 2.05) is 12.1 Å². The number of nitrogens with zero attached hydrogens (tertiary/aromatic N) is 2. The minimum Gasteiger partial charge on any atom is -0.396 e. The van der Waals surface area contributed by atoms with Gasteiger partial charge in [-0.2, -0.15) is 0 Å². The monoisotopic (exact) mass is 335 g/mol. The first kappa shape index (κ1) is 13.6. The first-order valence-electron chi connectivity index (χ1n) is 6.69. The molecule has 2 N–H and O–H groups in total. The van der Waals surface area contributed by atoms with E-state index in [0.717, 1.165) is 34.2 Å². The van der Waals surface area contributed by atoms with Crippen molar-refractivity contribution in [3.8, 4) is 0 Å². The normalized spacial score (nSPS) is 18.4. The molecule has 1 fully saturated rings. The molecule has 0 radical (unpaired) electrons. The SMILES string of the molecule is CC1(C)CN(c2c(N)cnc3ccc(Br)cc23)CCO1. The Bertz CT molecular complexity index is 652. The fourth-order valence-electron chi connectivity index (χ4n) is 2.73. The van der Waals surface area contributed by atoms with Gasteiger partial charge in [-0.1, -0.05) is 15.9 Å². The second kappa shape index (κ2) is 4.90. The molecule has 5 heteroatoms. The average Bonchev–Trinajstić information content (AvgIpc) is 2.37. The van der Waals surface area contributed by atoms with Crippen molar-refractivity contribution in [1.29, 1.82) is 0 Å². The van der Waals surface area contributed by atoms with Crippen molar-refractivity contribution in [1.82, 2.24) is 4.98 Å². The van der Waals surface area contributed by atoms with Crippen molar-refractivity contribution in [3.05, 3.63) is 28.9 Å². The van der Waals surface area contributed by atoms with Gasteiger partial charge in [0.2, 0.25) is 0 Å². The first-order chi connectivity index (χ1) is 9.46. The summed E-state index contributed by atoms with van der Waals surface area (Å²) in [5.74, 6) is 0. The van der Waals surface area contributed by atoms with Gasteiger partial charge in [-0.05, 0) is 32.0 Å². The molecule has 0 atom stereocenters. The number of morpholine rings is 1. The molecule has 0 unspecified atom stereocenters. The summed E-state index contributed by atoms with van der Waals surface area (Å²) in [5, 5.41) is 1.08. The molecule has 2 aromatic rings. The van der Waals surface area contributed by atoms with Crippen molar-refractivity contribution in [3.63, 3.8) is 0 Å². The number of nitrogens with two attached hydrogens (primary N) is 1. The lowest BCUT2D eigenvalue weighted by molar-refractivity contribution is -0.0275. The van der Waals surface area contributed by atoms with Gasteiger partial charge < -0.3 is 15.4 Å². The third kappa shape index (κ3) is 2.47. The molecule has 1 aliphatic heterocycles. The fraction of sp³-hybridized carbons (Fsp3) is 0.400. The lowest BCUT2D eigenvalue weighted by Gasteiger charge is -2.40. The Balaban J connectivity index is 2.14. The van der Waals surface area contributed by atoms with Crippen molar-refractivity contribution in [2.75, 3.05) is 30.3 Å². The molecule has 4 nitrogen and oxygen atoms in total. The molecular weight excluding hydrogens is 318 g/mol. The van der Waals surface area contributed by atoms with Crippen LogP contribution in [0, 0.1) is 0 Å². The van der Waals surface area contributed by atoms with Gasteiger partial charge in [0.15, 0.2) is 0 Å². The van der Waals surface area contributed by atoms with Crippen LogP contribution in [0.15, 0.2) is 28.9 Å². The summed E-state index contributed by atoms with van der Waals surface area (Å²) in [6.45, 7) is 6.59. The lowest BCUT2D eigenvalue weighted by atomic mass is 10.0. The highest BCUT2D eigenvalue weighted by Gasteiger charge is 2.29. The molecule has 1 saturated heterocycles. The van der Waals surface area contributed by atoms with Gasteiger partial charge in [0.1, 0.15) is 0 Å². The highest BCUT2D eigenvalue weighted by atomic mass is 79.9. The van der Waals surface area contributed by atoms with E-state index in [9.17, 15) is 0 Å². The molecular formula is C15H18BrN3O. The Kier molecular flexibility index (Phi) is 3.34. The molecule has 0 spiro atoms. The van der Waals surface area contributed by atoms with Gasteiger partial charge >= 0.3 is 0 Å². The quantitative estimate of drug-likeness (QED) is 0.869. The van der Waals surface area contributed by atoms with E-state index in [-0.39, 0.29) is 5.60 Å². The molecule has 1 aromatic heterocycles. The smallest absolute Gasteiger partial charge is 0.0801 e. The molecule has 1 aliphatic rings. The summed E-state index contributed by atoms with van der Waals surface area (Å²) in [6, 6.07) is 6.09. The maximum atomic E-state index is 6.20. The Hall–Kier alpha value is -1.33. The molecule has 2 heterocycles. The zero-order chi connectivity index (χ0) is 14.3. The van der Waals surface area contributed by atoms with Gasteiger partial charge in [-0.3, -0.25) is 4.98 Å². The zero-order valence-electron chi connectivity index (χ0n) is 11.7. The summed E-state index contributed by atoms with van der Waals surface area (Å²) in [4.78, 5) is 6.71. The minimum atomic E-state index is -0.160. The third-order valence-corrected chi connectivity index (χ3v) is 4.06. The number of aromatic nitrogens is 1. The number of hydrogen-bond acceptors (Lipinski definition) is 4. The van der Waals surface area contributed by atoms with Crippen LogP contribution in [-0.4, -0.2) is 30.3 Å². The van der Waals surface area contributed by atoms with Gasteiger partial charge in [0.05, 0.1) is 35.3 Å². The molecule has 20 heavy (non-hydrogen) atoms. The van der Waals surface area contributed by atoms with Crippen molar-refractivity contribution >= 4 is 38.2 Å². The van der Waals surface area contributed by atoms with Gasteiger partial charge in [-0.25, -0.2) is 0 Å². The number of pyridine rings is 1. The Morgan fingerprint density at radius 3 is 2.95 bits per heavy atom. The second-order valence-corrected chi connectivity index (χ2v) is 6.67. The molecule has 1 aromatic carbocycles. The van der Waals surface area contributed by atoms with Crippen molar-refractivity contribution in [2.24, 2.45) is 0 Å². The maximum Gasteiger partial charge on any atom is 0.0801 e. The van der Waals surface area contributed by atoms with E-state index in [2.05, 4.69) is 45.7 Å². The fourth-order valence-corrected chi connectivity index (χ4v) is 3.09. The van der Waals surface area contributed by atoms with Crippen LogP contribution >= 0.6 is 15.9 Å². The summed E-state index contributed by atoms with van der Waals surface area (Å²) in [5.41, 5.74) is 8.77. The van der Waals surface area contributed by atoms with Gasteiger partial charge in [-0.15, -0.1) is 0 Å². The van der Waals surface area contributed by atoms with Crippen LogP contribution in [0.1, 0.15) is 13.8 Å². The Morgan fingerprint density at radius 2 is 2.20 bits per heavy atom. The molecule has 0 amide bonds. The second-order valence-electron chi connectivity index (χ2n) is 5.75. The number of hydrogen-bond donors (Lipinski definition) is 1. The standard InChI is InChI=1S/C15H18BrN3O/c1-15(2)9-19(5-6-20-15)14-11-7-10(16)3-4-13(11)18-8-12(14)17/h3-4,7-8H,5-6,9,17H2,1-2H3. The van der Waals surface area contributed by atoms with Crippen LogP contribution < -0.4 is 10.6 Å². The van der Waals surface area contributed by atoms with Crippen LogP contribution in [0.25, 0.3) is 10.9 Å². The van der Waals surface area contributed by atoms with E-state index in [4.69, 9.17) is 10.5 Å². The molecule has 106 valence electrons. The highest BCUT2D eigenvalue weighted by molar-refractivity contribution is 9.10. The van der Waals surface area contributed by atoms with Crippen LogP contribution in [0.3, 0.4) is 0 Å². The zero-order valence-corrected chi connectivity index (χ0v) is 13.3. The summed E-state index contributed by atoms with van der Waals surface area (Å²) < 4.78 is 6.82. The molecule has 0 bridgehead atoms. The predicted molar refractivity (Wildman–Crippen MR) is 86.1 cm³/mol. The van der Waals surface area contributed by atoms with Crippen LogP contribution in [0.4, 0.5) is 11.4 Å². The minimum absolute atomic E-state index is 0.160. The molecule has 0 saturated carbocycles. The number of rotatable bonds is 1. The largest absolute Gasteiger partial charge is 0.396 e. The van der Waals surface area contributed by atoms with Crippen LogP contribution in [0.2, 0.25) is 0 Å². The van der Waals surface area contributed by atoms with Crippen molar-refractivity contribution in [2.45, 2.75) is 19.4 Å². The molecule has 0 aliphatic carbocycles. The van der Waals surface area contributed by atoms with Crippen LogP contribution in [-0.2, 0) is 4.74 Å². The van der Waals surface area contributed by atoms with E-state index >= 15 is 0 Å². The number of halogens is 1. The number of ether oxygens (including phenoxy) is 1. The molecule has 3 rings (SSSR count). The predicted octanol–water partition coefficient (Wildman–Crippen LogP) is 3.19. The van der Waals surface area contributed by atoms with E-state index in [0.29, 0.717) is 12.3 Å². The number of fused-ring (bicyclic) bond motifs is 1. The average molecular weight is 336 g/mol. The number of benzene rings is 1. The number of anilines is 2. The number of nitrogen functional groups attached to an aromatic ring is 1. The first-order valence-corrected chi connectivity index (χ1v) is 7.48. The van der Waals surface area contributed by atoms with E-state index in [1.165, 1.54) is 0 Å². The van der Waals surface area contributed by atoms with E-state index in [1.54, 1.807) is 6.20 Å². The van der Waals surface area contributed by atoms with Gasteiger partial charge in [0, 0.05) is 22.9 Å².